The van der Waals surface area contributed by atoms with Gasteiger partial charge < -0.3 is 9.73 Å². The molecule has 0 spiro atoms. The molecule has 1 amide bonds. The van der Waals surface area contributed by atoms with Crippen LogP contribution in [0, 0.1) is 6.92 Å². The largest absolute Gasteiger partial charge is 0.469 e. The smallest absolute Gasteiger partial charge is 0.255 e. The second-order valence-corrected chi connectivity index (χ2v) is 7.42. The molecule has 1 aliphatic heterocycles. The molecule has 118 valence electrons. The van der Waals surface area contributed by atoms with Crippen LogP contribution >= 0.6 is 22.9 Å². The number of hydrogen-bond acceptors (Lipinski definition) is 4. The van der Waals surface area contributed by atoms with Crippen molar-refractivity contribution >= 4 is 28.8 Å². The van der Waals surface area contributed by atoms with Gasteiger partial charge in [-0.1, -0.05) is 11.6 Å². The first-order valence-electron chi connectivity index (χ1n) is 7.43. The van der Waals surface area contributed by atoms with Crippen molar-refractivity contribution in [3.05, 3.63) is 45.0 Å². The van der Waals surface area contributed by atoms with E-state index in [0.717, 1.165) is 36.8 Å². The predicted molar refractivity (Wildman–Crippen MR) is 88.5 cm³/mol. The fourth-order valence-corrected chi connectivity index (χ4v) is 3.91. The molecular weight excluding hydrogens is 320 g/mol. The monoisotopic (exact) mass is 338 g/mol. The van der Waals surface area contributed by atoms with E-state index >= 15 is 0 Å². The molecule has 0 saturated carbocycles. The van der Waals surface area contributed by atoms with Gasteiger partial charge in [0, 0.05) is 30.6 Å². The van der Waals surface area contributed by atoms with Crippen LogP contribution in [-0.2, 0) is 6.54 Å². The van der Waals surface area contributed by atoms with Crippen LogP contribution in [0.15, 0.2) is 28.9 Å². The summed E-state index contributed by atoms with van der Waals surface area (Å²) in [5.41, 5.74) is 0.635. The van der Waals surface area contributed by atoms with E-state index < -0.39 is 0 Å². The standard InChI is InChI=1S/C16H19ClN2O2S/c1-11-14(6-9-21-11)16(20)18-12-4-7-19(8-5-12)10-13-2-3-15(17)22-13/h2-3,6,9,12H,4-5,7-8,10H2,1H3,(H,18,20). The summed E-state index contributed by atoms with van der Waals surface area (Å²) in [6, 6.07) is 6.00. The Bertz CT molecular complexity index is 644. The molecule has 22 heavy (non-hydrogen) atoms. The number of aryl methyl sites for hydroxylation is 1. The minimum Gasteiger partial charge on any atom is -0.469 e. The number of thiophene rings is 1. The molecule has 1 fully saturated rings. The number of likely N-dealkylation sites (tertiary alicyclic amines) is 1. The lowest BCUT2D eigenvalue weighted by Crippen LogP contribution is -2.44. The first-order chi connectivity index (χ1) is 10.6. The van der Waals surface area contributed by atoms with Crippen LogP contribution in [0.5, 0.6) is 0 Å². The molecule has 0 aromatic carbocycles. The number of amides is 1. The second-order valence-electron chi connectivity index (χ2n) is 5.62. The molecule has 0 aliphatic carbocycles. The van der Waals surface area contributed by atoms with Gasteiger partial charge in [-0.05, 0) is 38.0 Å². The number of furan rings is 1. The summed E-state index contributed by atoms with van der Waals surface area (Å²) < 4.78 is 6.02. The van der Waals surface area contributed by atoms with Gasteiger partial charge in [0.05, 0.1) is 16.2 Å². The van der Waals surface area contributed by atoms with Crippen molar-refractivity contribution in [2.45, 2.75) is 32.4 Å². The Morgan fingerprint density at radius 1 is 1.41 bits per heavy atom. The number of carbonyl (C=O) groups is 1. The van der Waals surface area contributed by atoms with Gasteiger partial charge in [-0.15, -0.1) is 11.3 Å². The van der Waals surface area contributed by atoms with Gasteiger partial charge in [0.2, 0.25) is 0 Å². The fraction of sp³-hybridized carbons (Fsp3) is 0.438. The second kappa shape index (κ2) is 6.86. The lowest BCUT2D eigenvalue weighted by atomic mass is 10.0. The third kappa shape index (κ3) is 3.72. The Labute approximate surface area is 139 Å². The van der Waals surface area contributed by atoms with Crippen molar-refractivity contribution in [2.24, 2.45) is 0 Å². The van der Waals surface area contributed by atoms with Crippen molar-refractivity contribution in [1.29, 1.82) is 0 Å². The zero-order valence-electron chi connectivity index (χ0n) is 12.5. The van der Waals surface area contributed by atoms with E-state index in [1.165, 1.54) is 4.88 Å². The maximum atomic E-state index is 12.2. The minimum absolute atomic E-state index is 0.0326. The summed E-state index contributed by atoms with van der Waals surface area (Å²) >= 11 is 7.60. The number of nitrogens with zero attached hydrogens (tertiary/aromatic N) is 1. The van der Waals surface area contributed by atoms with E-state index in [9.17, 15) is 4.79 Å². The molecule has 0 atom stereocenters. The van der Waals surface area contributed by atoms with E-state index in [0.29, 0.717) is 11.3 Å². The van der Waals surface area contributed by atoms with E-state index in [2.05, 4.69) is 16.3 Å². The lowest BCUT2D eigenvalue weighted by Gasteiger charge is -2.32. The van der Waals surface area contributed by atoms with Crippen LogP contribution in [0.4, 0.5) is 0 Å². The van der Waals surface area contributed by atoms with Gasteiger partial charge in [-0.25, -0.2) is 0 Å². The Morgan fingerprint density at radius 3 is 2.77 bits per heavy atom. The molecule has 1 N–H and O–H groups in total. The van der Waals surface area contributed by atoms with Crippen LogP contribution < -0.4 is 5.32 Å². The average molecular weight is 339 g/mol. The first-order valence-corrected chi connectivity index (χ1v) is 8.63. The highest BCUT2D eigenvalue weighted by atomic mass is 35.5. The normalized spacial score (nSPS) is 16.8. The number of halogens is 1. The average Bonchev–Trinajstić information content (AvgIpc) is 3.10. The molecule has 1 aliphatic rings. The third-order valence-corrected chi connectivity index (χ3v) is 5.25. The lowest BCUT2D eigenvalue weighted by molar-refractivity contribution is 0.0907. The van der Waals surface area contributed by atoms with Crippen LogP contribution in [0.25, 0.3) is 0 Å². The highest BCUT2D eigenvalue weighted by Crippen LogP contribution is 2.24. The van der Waals surface area contributed by atoms with Crippen molar-refractivity contribution < 1.29 is 9.21 Å². The quantitative estimate of drug-likeness (QED) is 0.924. The summed E-state index contributed by atoms with van der Waals surface area (Å²) in [6.07, 6.45) is 3.50. The van der Waals surface area contributed by atoms with Gasteiger partial charge in [0.25, 0.3) is 5.91 Å². The molecule has 4 nitrogen and oxygen atoms in total. The number of rotatable bonds is 4. The minimum atomic E-state index is -0.0326. The van der Waals surface area contributed by atoms with Crippen LogP contribution in [0.3, 0.4) is 0 Å². The summed E-state index contributed by atoms with van der Waals surface area (Å²) in [7, 11) is 0. The van der Waals surface area contributed by atoms with Crippen LogP contribution in [-0.4, -0.2) is 29.9 Å². The van der Waals surface area contributed by atoms with Gasteiger partial charge in [-0.3, -0.25) is 9.69 Å². The van der Waals surface area contributed by atoms with Crippen LogP contribution in [0.2, 0.25) is 4.34 Å². The Hall–Kier alpha value is -1.30. The maximum Gasteiger partial charge on any atom is 0.255 e. The van der Waals surface area contributed by atoms with E-state index in [-0.39, 0.29) is 11.9 Å². The van der Waals surface area contributed by atoms with Crippen molar-refractivity contribution in [1.82, 2.24) is 10.2 Å². The molecule has 0 unspecified atom stereocenters. The molecule has 6 heteroatoms. The number of nitrogens with one attached hydrogen (secondary N) is 1. The number of carbonyl (C=O) groups excluding carboxylic acids is 1. The summed E-state index contributed by atoms with van der Waals surface area (Å²) in [4.78, 5) is 15.9. The van der Waals surface area contributed by atoms with Crippen LogP contribution in [0.1, 0.15) is 33.8 Å². The molecule has 0 radical (unpaired) electrons. The zero-order valence-corrected chi connectivity index (χ0v) is 14.0. The van der Waals surface area contributed by atoms with Crippen molar-refractivity contribution in [2.75, 3.05) is 13.1 Å². The first kappa shape index (κ1) is 15.6. The zero-order chi connectivity index (χ0) is 15.5. The van der Waals surface area contributed by atoms with Crippen molar-refractivity contribution in [3.63, 3.8) is 0 Å². The Kier molecular flexibility index (Phi) is 4.86. The molecule has 2 aromatic rings. The van der Waals surface area contributed by atoms with E-state index in [1.54, 1.807) is 23.7 Å². The predicted octanol–water partition coefficient (Wildman–Crippen LogP) is 3.70. The van der Waals surface area contributed by atoms with Crippen molar-refractivity contribution in [3.8, 4) is 0 Å². The SMILES string of the molecule is Cc1occc1C(=O)NC1CCN(Cc2ccc(Cl)s2)CC1. The van der Waals surface area contributed by atoms with Gasteiger partial charge in [0.1, 0.15) is 5.76 Å². The maximum absolute atomic E-state index is 12.2. The highest BCUT2D eigenvalue weighted by molar-refractivity contribution is 7.16. The summed E-state index contributed by atoms with van der Waals surface area (Å²) in [5.74, 6) is 0.638. The summed E-state index contributed by atoms with van der Waals surface area (Å²) in [5, 5.41) is 3.11. The molecule has 3 heterocycles. The summed E-state index contributed by atoms with van der Waals surface area (Å²) in [6.45, 7) is 4.73. The Morgan fingerprint density at radius 2 is 2.18 bits per heavy atom. The van der Waals surface area contributed by atoms with Gasteiger partial charge in [0.15, 0.2) is 0 Å². The highest BCUT2D eigenvalue weighted by Gasteiger charge is 2.22. The molecule has 1 saturated heterocycles. The molecule has 2 aromatic heterocycles. The topological polar surface area (TPSA) is 45.5 Å². The Balaban J connectivity index is 1.47. The third-order valence-electron chi connectivity index (χ3n) is 4.03. The van der Waals surface area contributed by atoms with E-state index in [1.807, 2.05) is 13.0 Å². The van der Waals surface area contributed by atoms with E-state index in [4.69, 9.17) is 16.0 Å². The molecular formula is C16H19ClN2O2S. The van der Waals surface area contributed by atoms with Gasteiger partial charge in [-0.2, -0.15) is 0 Å². The number of piperidine rings is 1. The molecule has 0 bridgehead atoms. The molecule has 3 rings (SSSR count). The number of hydrogen-bond donors (Lipinski definition) is 1. The fourth-order valence-electron chi connectivity index (χ4n) is 2.78. The van der Waals surface area contributed by atoms with Gasteiger partial charge >= 0.3 is 0 Å².